The predicted molar refractivity (Wildman–Crippen MR) is 98.6 cm³/mol. The Balaban J connectivity index is 0.000000367. The van der Waals surface area contributed by atoms with Crippen molar-refractivity contribution in [2.45, 2.75) is 27.7 Å². The number of nitrogens with two attached hydrogens (primary N) is 1. The second kappa shape index (κ2) is 11.0. The number of pyridine rings is 2. The van der Waals surface area contributed by atoms with Crippen LogP contribution >= 0.6 is 21.4 Å². The minimum atomic E-state index is -1.67. The highest BCUT2D eigenvalue weighted by atomic mass is 36.0. The maximum Gasteiger partial charge on any atom is 0.337 e. The molecule has 2 aromatic rings. The van der Waals surface area contributed by atoms with Gasteiger partial charge in [0.25, 0.3) is 0 Å². The monoisotopic (exact) mass is 391 g/mol. The molecule has 0 aliphatic carbocycles. The Morgan fingerprint density at radius 3 is 1.75 bits per heavy atom. The van der Waals surface area contributed by atoms with Gasteiger partial charge in [-0.15, -0.1) is 0 Å². The first-order chi connectivity index (χ1) is 11.1. The van der Waals surface area contributed by atoms with E-state index in [1.54, 1.807) is 32.3 Å². The van der Waals surface area contributed by atoms with E-state index in [4.69, 9.17) is 15.0 Å². The minimum absolute atomic E-state index is 0.313. The summed E-state index contributed by atoms with van der Waals surface area (Å²) >= 11 is 0. The molecule has 2 rings (SSSR count). The Bertz CT molecular complexity index is 683. The fourth-order valence-corrected chi connectivity index (χ4v) is 1.72. The van der Waals surface area contributed by atoms with Gasteiger partial charge in [0.05, 0.1) is 22.6 Å². The highest BCUT2D eigenvalue weighted by Gasteiger charge is 2.09. The van der Waals surface area contributed by atoms with Crippen molar-refractivity contribution < 1.29 is 14.1 Å². The van der Waals surface area contributed by atoms with Crippen LogP contribution in [0.15, 0.2) is 24.5 Å². The van der Waals surface area contributed by atoms with Crippen molar-refractivity contribution in [1.29, 1.82) is 0 Å². The number of carboxylic acid groups (broad SMARTS) is 1. The Morgan fingerprint density at radius 2 is 1.46 bits per heavy atom. The average Bonchev–Trinajstić information content (AvgIpc) is 2.44. The first-order valence-electron chi connectivity index (χ1n) is 6.65. The van der Waals surface area contributed by atoms with Gasteiger partial charge >= 0.3 is 5.97 Å². The zero-order valence-corrected chi connectivity index (χ0v) is 16.0. The molecule has 0 saturated carbocycles. The molecule has 3 N–H and O–H groups in total. The Kier molecular flexibility index (Phi) is 10.2. The van der Waals surface area contributed by atoms with E-state index in [9.17, 15) is 4.79 Å². The number of aromatic carboxylic acids is 1. The molecule has 9 heteroatoms. The van der Waals surface area contributed by atoms with E-state index in [0.717, 1.165) is 22.5 Å². The summed E-state index contributed by atoms with van der Waals surface area (Å²) in [6.07, 6.45) is 3.37. The van der Waals surface area contributed by atoms with Gasteiger partial charge in [0.15, 0.2) is 0 Å². The topological polar surface area (TPSA) is 106 Å². The minimum Gasteiger partial charge on any atom is -0.478 e. The highest BCUT2D eigenvalue weighted by molar-refractivity contribution is 8.26. The van der Waals surface area contributed by atoms with Gasteiger partial charge in [-0.3, -0.25) is 9.97 Å². The van der Waals surface area contributed by atoms with Crippen molar-refractivity contribution in [3.8, 4) is 0 Å². The summed E-state index contributed by atoms with van der Waals surface area (Å²) < 4.78 is 9.09. The molecular formula is C15H19Cl2N3O3S. The number of aromatic nitrogens is 2. The number of hydrogen-bond donors (Lipinski definition) is 2. The smallest absolute Gasteiger partial charge is 0.337 e. The largest absolute Gasteiger partial charge is 0.478 e. The summed E-state index contributed by atoms with van der Waals surface area (Å²) in [4.78, 5) is 18.5. The molecule has 2 heterocycles. The number of nitrogen functional groups attached to an aromatic ring is 1. The molecule has 0 fully saturated rings. The van der Waals surface area contributed by atoms with Crippen LogP contribution in [-0.2, 0) is 9.23 Å². The number of aryl methyl sites for hydroxylation is 4. The number of carboxylic acids is 1. The molecule has 0 spiro atoms. The molecule has 0 amide bonds. The van der Waals surface area contributed by atoms with Crippen LogP contribution in [0.1, 0.15) is 32.9 Å². The standard InChI is InChI=1S/C8H9NO2.C7H10N2.Cl2OS/c1-5-3-4-9-6(2)7(5)8(10)11;1-5-3-4-9-6(2)7(5)8;1-4(2)3/h3-4H,1-2H3,(H,10,11);3-4H,8H2,1-2H3;. The number of hydrogen-bond acceptors (Lipinski definition) is 5. The van der Waals surface area contributed by atoms with Crippen LogP contribution in [0, 0.1) is 27.7 Å². The van der Waals surface area contributed by atoms with E-state index in [1.165, 1.54) is 0 Å². The average molecular weight is 392 g/mol. The molecule has 0 bridgehead atoms. The maximum atomic E-state index is 10.6. The van der Waals surface area contributed by atoms with Crippen LogP contribution in [0.25, 0.3) is 0 Å². The SMILES string of the molecule is Cc1ccnc(C)c1C(=O)O.Cc1ccnc(C)c1N.O=S(Cl)Cl. The fraction of sp³-hybridized carbons (Fsp3) is 0.267. The van der Waals surface area contributed by atoms with Crippen LogP contribution in [0.5, 0.6) is 0 Å². The maximum absolute atomic E-state index is 10.6. The van der Waals surface area contributed by atoms with Crippen LogP contribution in [-0.4, -0.2) is 25.3 Å². The van der Waals surface area contributed by atoms with E-state index in [2.05, 4.69) is 31.3 Å². The van der Waals surface area contributed by atoms with E-state index >= 15 is 0 Å². The summed E-state index contributed by atoms with van der Waals surface area (Å²) in [5.74, 6) is -0.909. The lowest BCUT2D eigenvalue weighted by Gasteiger charge is -2.01. The third kappa shape index (κ3) is 8.24. The summed E-state index contributed by atoms with van der Waals surface area (Å²) in [5, 5.41) is 8.71. The van der Waals surface area contributed by atoms with Crippen LogP contribution in [0.4, 0.5) is 5.69 Å². The van der Waals surface area contributed by atoms with Crippen LogP contribution in [0.2, 0.25) is 0 Å². The molecule has 0 aliphatic rings. The number of halogens is 2. The summed E-state index contributed by atoms with van der Waals surface area (Å²) in [5.41, 5.74) is 10.1. The normalized spacial score (nSPS) is 9.46. The molecule has 6 nitrogen and oxygen atoms in total. The molecule has 132 valence electrons. The van der Waals surface area contributed by atoms with Crippen molar-refractivity contribution in [1.82, 2.24) is 9.97 Å². The third-order valence-corrected chi connectivity index (χ3v) is 2.97. The number of carbonyl (C=O) groups is 1. The molecule has 0 aromatic carbocycles. The van der Waals surface area contributed by atoms with Crippen molar-refractivity contribution in [3.63, 3.8) is 0 Å². The predicted octanol–water partition coefficient (Wildman–Crippen LogP) is 3.72. The zero-order chi connectivity index (χ0) is 18.9. The van der Waals surface area contributed by atoms with Gasteiger partial charge in [-0.05, 0) is 51.0 Å². The lowest BCUT2D eigenvalue weighted by molar-refractivity contribution is 0.0695. The summed E-state index contributed by atoms with van der Waals surface area (Å²) in [6, 6.07) is 3.60. The molecule has 0 atom stereocenters. The molecule has 0 saturated heterocycles. The first kappa shape index (κ1) is 22.3. The lowest BCUT2D eigenvalue weighted by atomic mass is 10.1. The molecule has 24 heavy (non-hydrogen) atoms. The second-order valence-electron chi connectivity index (χ2n) is 4.70. The highest BCUT2D eigenvalue weighted by Crippen LogP contribution is 2.11. The van der Waals surface area contributed by atoms with Crippen molar-refractivity contribution in [2.75, 3.05) is 5.73 Å². The van der Waals surface area contributed by atoms with Gasteiger partial charge in [0, 0.05) is 33.8 Å². The van der Waals surface area contributed by atoms with Gasteiger partial charge in [0.2, 0.25) is 9.23 Å². The van der Waals surface area contributed by atoms with E-state index in [-0.39, 0.29) is 0 Å². The van der Waals surface area contributed by atoms with Gasteiger partial charge in [-0.25, -0.2) is 9.00 Å². The van der Waals surface area contributed by atoms with Gasteiger partial charge in [-0.2, -0.15) is 0 Å². The van der Waals surface area contributed by atoms with Crippen LogP contribution in [0.3, 0.4) is 0 Å². The summed E-state index contributed by atoms with van der Waals surface area (Å²) in [6.45, 7) is 7.33. The fourth-order valence-electron chi connectivity index (χ4n) is 1.72. The molecule has 0 aliphatic heterocycles. The van der Waals surface area contributed by atoms with Crippen molar-refractivity contribution in [2.24, 2.45) is 0 Å². The summed E-state index contributed by atoms with van der Waals surface area (Å²) in [7, 11) is 7.36. The zero-order valence-electron chi connectivity index (χ0n) is 13.7. The van der Waals surface area contributed by atoms with Crippen LogP contribution < -0.4 is 5.73 Å². The van der Waals surface area contributed by atoms with Gasteiger partial charge in [-0.1, -0.05) is 0 Å². The van der Waals surface area contributed by atoms with E-state index in [0.29, 0.717) is 11.3 Å². The number of anilines is 1. The Morgan fingerprint density at radius 1 is 1.04 bits per heavy atom. The molecule has 2 aromatic heterocycles. The van der Waals surface area contributed by atoms with E-state index < -0.39 is 15.2 Å². The van der Waals surface area contributed by atoms with E-state index in [1.807, 2.05) is 19.9 Å². The molecule has 0 radical (unpaired) electrons. The number of nitrogens with zero attached hydrogens (tertiary/aromatic N) is 2. The second-order valence-corrected chi connectivity index (χ2v) is 7.23. The first-order valence-corrected chi connectivity index (χ1v) is 9.45. The molecular weight excluding hydrogens is 373 g/mol. The lowest BCUT2D eigenvalue weighted by Crippen LogP contribution is -2.03. The Hall–Kier alpha value is -1.70. The Labute approximate surface area is 152 Å². The van der Waals surface area contributed by atoms with Gasteiger partial charge in [0.1, 0.15) is 0 Å². The molecule has 0 unspecified atom stereocenters. The third-order valence-electron chi connectivity index (χ3n) is 2.97. The van der Waals surface area contributed by atoms with Crippen molar-refractivity contribution in [3.05, 3.63) is 52.6 Å². The quantitative estimate of drug-likeness (QED) is 0.717. The van der Waals surface area contributed by atoms with Crippen molar-refractivity contribution >= 4 is 42.2 Å². The number of rotatable bonds is 1. The van der Waals surface area contributed by atoms with Gasteiger partial charge < -0.3 is 10.8 Å².